The molecule has 0 aliphatic heterocycles. The average Bonchev–Trinajstić information content (AvgIpc) is 2.06. The minimum Gasteiger partial charge on any atom is -0.126 e. The summed E-state index contributed by atoms with van der Waals surface area (Å²) in [4.78, 5) is 0. The Hall–Kier alpha value is 0.0600. The van der Waals surface area contributed by atoms with Crippen LogP contribution in [0.3, 0.4) is 0 Å². The van der Waals surface area contributed by atoms with Gasteiger partial charge in [0.15, 0.2) is 0 Å². The van der Waals surface area contributed by atoms with Gasteiger partial charge in [0.05, 0.1) is 0 Å². The fourth-order valence-electron chi connectivity index (χ4n) is 0.943. The van der Waals surface area contributed by atoms with Crippen molar-refractivity contribution in [2.75, 3.05) is 11.8 Å². The van der Waals surface area contributed by atoms with Crippen LogP contribution in [0.4, 0.5) is 0 Å². The van der Waals surface area contributed by atoms with Gasteiger partial charge in [0.1, 0.15) is 0 Å². The van der Waals surface area contributed by atoms with Crippen molar-refractivity contribution in [2.24, 2.45) is 5.41 Å². The van der Waals surface area contributed by atoms with Crippen LogP contribution < -0.4 is 0 Å². The molecule has 0 aromatic heterocycles. The van der Waals surface area contributed by atoms with E-state index in [9.17, 15) is 0 Å². The summed E-state index contributed by atoms with van der Waals surface area (Å²) in [6.07, 6.45) is 9.19. The van der Waals surface area contributed by atoms with Crippen LogP contribution in [0.5, 0.6) is 0 Å². The highest BCUT2D eigenvalue weighted by atomic mass is 35.5. The zero-order valence-electron chi connectivity index (χ0n) is 5.69. The van der Waals surface area contributed by atoms with Gasteiger partial charge in [0.2, 0.25) is 0 Å². The minimum absolute atomic E-state index is 0.0257. The topological polar surface area (TPSA) is 0 Å². The molecule has 0 amide bonds. The van der Waals surface area contributed by atoms with Crippen LogP contribution in [-0.2, 0) is 0 Å². The van der Waals surface area contributed by atoms with E-state index in [1.54, 1.807) is 0 Å². The molecule has 0 nitrogen and oxygen atoms in total. The Bertz CT molecular complexity index is 155. The monoisotopic (exact) mass is 176 g/mol. The second kappa shape index (κ2) is 3.45. The second-order valence-corrected chi connectivity index (χ2v) is 3.16. The third kappa shape index (κ3) is 1.56. The Morgan fingerprint density at radius 1 is 1.20 bits per heavy atom. The molecule has 1 aliphatic carbocycles. The lowest BCUT2D eigenvalue weighted by Gasteiger charge is -2.25. The van der Waals surface area contributed by atoms with Gasteiger partial charge in [-0.3, -0.25) is 0 Å². The number of halogens is 2. The molecular formula is C8H10Cl2. The molecule has 56 valence electrons. The average molecular weight is 177 g/mol. The highest BCUT2D eigenvalue weighted by Gasteiger charge is 2.24. The zero-order chi connectivity index (χ0) is 7.45. The maximum atomic E-state index is 5.77. The van der Waals surface area contributed by atoms with Crippen LogP contribution >= 0.6 is 23.2 Å². The van der Waals surface area contributed by atoms with Crippen molar-refractivity contribution in [3.63, 3.8) is 0 Å². The van der Waals surface area contributed by atoms with Gasteiger partial charge in [0.25, 0.3) is 0 Å². The molecule has 10 heavy (non-hydrogen) atoms. The van der Waals surface area contributed by atoms with Crippen LogP contribution in [0, 0.1) is 5.41 Å². The van der Waals surface area contributed by atoms with E-state index < -0.39 is 0 Å². The van der Waals surface area contributed by atoms with Gasteiger partial charge in [-0.2, -0.15) is 0 Å². The van der Waals surface area contributed by atoms with E-state index >= 15 is 0 Å². The molecular weight excluding hydrogens is 167 g/mol. The molecule has 0 atom stereocenters. The molecule has 0 aromatic carbocycles. The molecule has 0 saturated carbocycles. The third-order valence-electron chi connectivity index (χ3n) is 1.75. The summed E-state index contributed by atoms with van der Waals surface area (Å²) in [6.45, 7) is 0. The van der Waals surface area contributed by atoms with Crippen LogP contribution in [0.25, 0.3) is 0 Å². The smallest absolute Gasteiger partial charge is 0.0329 e. The molecule has 0 heterocycles. The van der Waals surface area contributed by atoms with Crippen molar-refractivity contribution in [2.45, 2.75) is 6.42 Å². The fraction of sp³-hybridized carbons (Fsp3) is 0.500. The highest BCUT2D eigenvalue weighted by Crippen LogP contribution is 2.30. The van der Waals surface area contributed by atoms with E-state index in [1.807, 2.05) is 12.2 Å². The molecule has 0 N–H and O–H groups in total. The first-order valence-corrected chi connectivity index (χ1v) is 4.36. The molecule has 0 fully saturated rings. The van der Waals surface area contributed by atoms with Gasteiger partial charge in [-0.15, -0.1) is 23.2 Å². The van der Waals surface area contributed by atoms with Crippen molar-refractivity contribution >= 4 is 23.2 Å². The van der Waals surface area contributed by atoms with Crippen LogP contribution in [0.2, 0.25) is 0 Å². The largest absolute Gasteiger partial charge is 0.126 e. The van der Waals surface area contributed by atoms with E-state index in [0.29, 0.717) is 11.8 Å². The molecule has 0 spiro atoms. The van der Waals surface area contributed by atoms with Gasteiger partial charge in [-0.25, -0.2) is 0 Å². The second-order valence-electron chi connectivity index (χ2n) is 2.62. The molecule has 0 radical (unpaired) electrons. The number of hydrogen-bond donors (Lipinski definition) is 0. The SMILES string of the molecule is ClCC1(CCl)C=CC=CC1. The molecule has 0 bridgehead atoms. The van der Waals surface area contributed by atoms with Gasteiger partial charge in [-0.1, -0.05) is 24.3 Å². The van der Waals surface area contributed by atoms with Gasteiger partial charge < -0.3 is 0 Å². The van der Waals surface area contributed by atoms with E-state index in [2.05, 4.69) is 12.2 Å². The number of hydrogen-bond acceptors (Lipinski definition) is 0. The molecule has 0 aromatic rings. The van der Waals surface area contributed by atoms with Crippen LogP contribution in [0.15, 0.2) is 24.3 Å². The summed E-state index contributed by atoms with van der Waals surface area (Å²) in [6, 6.07) is 0. The normalized spacial score (nSPS) is 21.4. The number of rotatable bonds is 2. The minimum atomic E-state index is 0.0257. The predicted molar refractivity (Wildman–Crippen MR) is 46.8 cm³/mol. The van der Waals surface area contributed by atoms with E-state index in [1.165, 1.54) is 0 Å². The quantitative estimate of drug-likeness (QED) is 0.569. The summed E-state index contributed by atoms with van der Waals surface area (Å²) in [5, 5.41) is 0. The first kappa shape index (κ1) is 8.16. The van der Waals surface area contributed by atoms with Crippen molar-refractivity contribution in [1.29, 1.82) is 0 Å². The van der Waals surface area contributed by atoms with Gasteiger partial charge >= 0.3 is 0 Å². The Kier molecular flexibility index (Phi) is 2.82. The Labute approximate surface area is 71.5 Å². The summed E-state index contributed by atoms with van der Waals surface area (Å²) in [5.74, 6) is 1.22. The number of alkyl halides is 2. The van der Waals surface area contributed by atoms with Gasteiger partial charge in [-0.05, 0) is 6.42 Å². The van der Waals surface area contributed by atoms with Crippen LogP contribution in [0.1, 0.15) is 6.42 Å². The molecule has 0 saturated heterocycles. The van der Waals surface area contributed by atoms with Crippen molar-refractivity contribution < 1.29 is 0 Å². The predicted octanol–water partition coefficient (Wildman–Crippen LogP) is 2.97. The molecule has 2 heteroatoms. The van der Waals surface area contributed by atoms with E-state index in [0.717, 1.165) is 6.42 Å². The van der Waals surface area contributed by atoms with Crippen LogP contribution in [-0.4, -0.2) is 11.8 Å². The first-order chi connectivity index (χ1) is 4.83. The lowest BCUT2D eigenvalue weighted by molar-refractivity contribution is 0.499. The van der Waals surface area contributed by atoms with Crippen molar-refractivity contribution in [3.05, 3.63) is 24.3 Å². The lowest BCUT2D eigenvalue weighted by atomic mass is 9.86. The van der Waals surface area contributed by atoms with E-state index in [4.69, 9.17) is 23.2 Å². The lowest BCUT2D eigenvalue weighted by Crippen LogP contribution is -2.22. The molecule has 1 aliphatic rings. The maximum absolute atomic E-state index is 5.77. The summed E-state index contributed by atoms with van der Waals surface area (Å²) < 4.78 is 0. The first-order valence-electron chi connectivity index (χ1n) is 3.29. The van der Waals surface area contributed by atoms with Crippen molar-refractivity contribution in [1.82, 2.24) is 0 Å². The molecule has 0 unspecified atom stereocenters. The Balaban J connectivity index is 2.66. The zero-order valence-corrected chi connectivity index (χ0v) is 7.20. The summed E-state index contributed by atoms with van der Waals surface area (Å²) in [7, 11) is 0. The third-order valence-corrected chi connectivity index (χ3v) is 2.82. The molecule has 1 rings (SSSR count). The summed E-state index contributed by atoms with van der Waals surface area (Å²) in [5.41, 5.74) is 0.0257. The van der Waals surface area contributed by atoms with E-state index in [-0.39, 0.29) is 5.41 Å². The van der Waals surface area contributed by atoms with Crippen molar-refractivity contribution in [3.8, 4) is 0 Å². The fourth-order valence-corrected chi connectivity index (χ4v) is 1.63. The highest BCUT2D eigenvalue weighted by molar-refractivity contribution is 6.21. The Morgan fingerprint density at radius 3 is 2.20 bits per heavy atom. The Morgan fingerprint density at radius 2 is 1.90 bits per heavy atom. The van der Waals surface area contributed by atoms with Gasteiger partial charge in [0, 0.05) is 17.2 Å². The summed E-state index contributed by atoms with van der Waals surface area (Å²) >= 11 is 11.5. The maximum Gasteiger partial charge on any atom is 0.0329 e. The standard InChI is InChI=1S/C8H10Cl2/c9-6-8(7-10)4-2-1-3-5-8/h1-4H,5-7H2. The number of allylic oxidation sites excluding steroid dienone is 4.